The molecule has 0 atom stereocenters. The molecule has 0 aliphatic rings. The number of benzene rings is 3. The second-order valence-electron chi connectivity index (χ2n) is 4.97. The van der Waals surface area contributed by atoms with Gasteiger partial charge in [-0.25, -0.2) is 4.79 Å². The molecular formula is C19H16N2O2. The van der Waals surface area contributed by atoms with Gasteiger partial charge in [-0.2, -0.15) is 0 Å². The summed E-state index contributed by atoms with van der Waals surface area (Å²) >= 11 is 0. The Kier molecular flexibility index (Phi) is 4.25. The van der Waals surface area contributed by atoms with Gasteiger partial charge in [-0.1, -0.05) is 48.5 Å². The van der Waals surface area contributed by atoms with Gasteiger partial charge in [0.15, 0.2) is 0 Å². The second kappa shape index (κ2) is 6.66. The van der Waals surface area contributed by atoms with E-state index in [9.17, 15) is 9.90 Å². The largest absolute Gasteiger partial charge is 0.478 e. The van der Waals surface area contributed by atoms with E-state index >= 15 is 0 Å². The summed E-state index contributed by atoms with van der Waals surface area (Å²) in [4.78, 5) is 11.4. The molecule has 0 aliphatic heterocycles. The first-order valence-corrected chi connectivity index (χ1v) is 7.25. The lowest BCUT2D eigenvalue weighted by molar-refractivity contribution is 0.0698. The van der Waals surface area contributed by atoms with Crippen molar-refractivity contribution in [2.45, 2.75) is 0 Å². The minimum atomic E-state index is -0.964. The summed E-state index contributed by atoms with van der Waals surface area (Å²) < 4.78 is 0. The van der Waals surface area contributed by atoms with Gasteiger partial charge >= 0.3 is 5.97 Å². The minimum Gasteiger partial charge on any atom is -0.478 e. The number of carbonyl (C=O) groups is 1. The normalized spacial score (nSPS) is 10.1. The fraction of sp³-hybridized carbons (Fsp3) is 0. The van der Waals surface area contributed by atoms with Gasteiger partial charge in [0, 0.05) is 0 Å². The highest BCUT2D eigenvalue weighted by Crippen LogP contribution is 2.27. The molecule has 3 rings (SSSR count). The summed E-state index contributed by atoms with van der Waals surface area (Å²) in [5.41, 5.74) is 5.81. The predicted molar refractivity (Wildman–Crippen MR) is 92.0 cm³/mol. The van der Waals surface area contributed by atoms with Gasteiger partial charge in [0.1, 0.15) is 0 Å². The van der Waals surface area contributed by atoms with Crippen LogP contribution < -0.4 is 10.4 Å². The molecule has 0 heterocycles. The molecule has 3 aromatic carbocycles. The van der Waals surface area contributed by atoms with Gasteiger partial charge < -0.3 is 5.11 Å². The molecule has 4 nitrogen and oxygen atoms in total. The van der Waals surface area contributed by atoms with E-state index in [2.05, 4.69) is 5.43 Å². The topological polar surface area (TPSA) is 52.6 Å². The van der Waals surface area contributed by atoms with Crippen LogP contribution in [0.25, 0.3) is 0 Å². The van der Waals surface area contributed by atoms with E-state index in [1.54, 1.807) is 18.2 Å². The van der Waals surface area contributed by atoms with Crippen molar-refractivity contribution < 1.29 is 9.90 Å². The van der Waals surface area contributed by atoms with Gasteiger partial charge in [-0.05, 0) is 36.4 Å². The highest BCUT2D eigenvalue weighted by molar-refractivity contribution is 5.94. The lowest BCUT2D eigenvalue weighted by atomic mass is 10.2. The zero-order chi connectivity index (χ0) is 16.1. The van der Waals surface area contributed by atoms with Gasteiger partial charge in [-0.15, -0.1) is 0 Å². The molecule has 0 unspecified atom stereocenters. The van der Waals surface area contributed by atoms with Gasteiger partial charge in [0.2, 0.25) is 0 Å². The number of carboxylic acids is 1. The third-order valence-electron chi connectivity index (χ3n) is 3.42. The average molecular weight is 304 g/mol. The van der Waals surface area contributed by atoms with Crippen molar-refractivity contribution in [2.24, 2.45) is 0 Å². The van der Waals surface area contributed by atoms with Crippen LogP contribution in [-0.2, 0) is 0 Å². The summed E-state index contributed by atoms with van der Waals surface area (Å²) in [7, 11) is 0. The third kappa shape index (κ3) is 3.32. The molecule has 0 saturated carbocycles. The maximum Gasteiger partial charge on any atom is 0.337 e. The van der Waals surface area contributed by atoms with Gasteiger partial charge in [0.05, 0.1) is 22.6 Å². The number of hydrazine groups is 1. The van der Waals surface area contributed by atoms with E-state index in [1.807, 2.05) is 71.7 Å². The summed E-state index contributed by atoms with van der Waals surface area (Å²) in [6.45, 7) is 0. The van der Waals surface area contributed by atoms with Crippen molar-refractivity contribution in [1.82, 2.24) is 0 Å². The zero-order valence-electron chi connectivity index (χ0n) is 12.4. The Labute approximate surface area is 134 Å². The molecule has 23 heavy (non-hydrogen) atoms. The summed E-state index contributed by atoms with van der Waals surface area (Å²) in [6, 6.07) is 26.3. The van der Waals surface area contributed by atoms with Crippen LogP contribution in [0.5, 0.6) is 0 Å². The van der Waals surface area contributed by atoms with E-state index < -0.39 is 5.97 Å². The maximum absolute atomic E-state index is 11.4. The van der Waals surface area contributed by atoms with E-state index in [0.717, 1.165) is 11.4 Å². The Morgan fingerprint density at radius 1 is 0.739 bits per heavy atom. The van der Waals surface area contributed by atoms with Crippen LogP contribution in [0.15, 0.2) is 84.9 Å². The Morgan fingerprint density at radius 3 is 1.74 bits per heavy atom. The molecule has 4 heteroatoms. The van der Waals surface area contributed by atoms with Crippen LogP contribution in [0.4, 0.5) is 17.1 Å². The van der Waals surface area contributed by atoms with Crippen molar-refractivity contribution in [3.8, 4) is 0 Å². The second-order valence-corrected chi connectivity index (χ2v) is 4.97. The number of rotatable bonds is 5. The number of aromatic carboxylic acids is 1. The summed E-state index contributed by atoms with van der Waals surface area (Å²) in [5.74, 6) is -0.964. The zero-order valence-corrected chi connectivity index (χ0v) is 12.4. The SMILES string of the molecule is O=C(O)c1ccccc1NN(c1ccccc1)c1ccccc1. The number of anilines is 3. The highest BCUT2D eigenvalue weighted by atomic mass is 16.4. The molecule has 114 valence electrons. The van der Waals surface area contributed by atoms with Crippen LogP contribution in [-0.4, -0.2) is 11.1 Å². The van der Waals surface area contributed by atoms with Crippen molar-refractivity contribution in [2.75, 3.05) is 10.4 Å². The van der Waals surface area contributed by atoms with Crippen molar-refractivity contribution in [3.63, 3.8) is 0 Å². The van der Waals surface area contributed by atoms with E-state index in [1.165, 1.54) is 0 Å². The minimum absolute atomic E-state index is 0.226. The fourth-order valence-corrected chi connectivity index (χ4v) is 2.32. The average Bonchev–Trinajstić information content (AvgIpc) is 2.61. The van der Waals surface area contributed by atoms with Crippen molar-refractivity contribution >= 4 is 23.0 Å². The number of hydrogen-bond donors (Lipinski definition) is 2. The molecule has 0 aliphatic carbocycles. The molecule has 0 saturated heterocycles. The number of nitrogens with one attached hydrogen (secondary N) is 1. The lowest BCUT2D eigenvalue weighted by Crippen LogP contribution is -2.25. The van der Waals surface area contributed by atoms with Crippen LogP contribution in [0.1, 0.15) is 10.4 Å². The fourth-order valence-electron chi connectivity index (χ4n) is 2.32. The predicted octanol–water partition coefficient (Wildman–Crippen LogP) is 4.55. The number of nitrogens with zero attached hydrogens (tertiary/aromatic N) is 1. The van der Waals surface area contributed by atoms with E-state index in [0.29, 0.717) is 5.69 Å². The van der Waals surface area contributed by atoms with Gasteiger partial charge in [-0.3, -0.25) is 10.4 Å². The van der Waals surface area contributed by atoms with Crippen molar-refractivity contribution in [1.29, 1.82) is 0 Å². The van der Waals surface area contributed by atoms with Crippen LogP contribution >= 0.6 is 0 Å². The number of para-hydroxylation sites is 3. The molecular weight excluding hydrogens is 288 g/mol. The number of carboxylic acid groups (broad SMARTS) is 1. The Hall–Kier alpha value is -3.27. The smallest absolute Gasteiger partial charge is 0.337 e. The molecule has 0 fully saturated rings. The molecule has 0 spiro atoms. The monoisotopic (exact) mass is 304 g/mol. The van der Waals surface area contributed by atoms with Crippen LogP contribution in [0.2, 0.25) is 0 Å². The highest BCUT2D eigenvalue weighted by Gasteiger charge is 2.14. The van der Waals surface area contributed by atoms with Crippen LogP contribution in [0, 0.1) is 0 Å². The molecule has 0 radical (unpaired) electrons. The lowest BCUT2D eigenvalue weighted by Gasteiger charge is -2.27. The molecule has 0 amide bonds. The van der Waals surface area contributed by atoms with E-state index in [-0.39, 0.29) is 5.56 Å². The van der Waals surface area contributed by atoms with E-state index in [4.69, 9.17) is 0 Å². The molecule has 3 aromatic rings. The summed E-state index contributed by atoms with van der Waals surface area (Å²) in [6.07, 6.45) is 0. The Bertz CT molecular complexity index is 749. The summed E-state index contributed by atoms with van der Waals surface area (Å²) in [5, 5.41) is 11.2. The first-order chi connectivity index (χ1) is 11.3. The third-order valence-corrected chi connectivity index (χ3v) is 3.42. The molecule has 0 bridgehead atoms. The first-order valence-electron chi connectivity index (χ1n) is 7.25. The molecule has 0 aromatic heterocycles. The standard InChI is InChI=1S/C19H16N2O2/c22-19(23)17-13-7-8-14-18(17)20-21(15-9-3-1-4-10-15)16-11-5-2-6-12-16/h1-14,20H,(H,22,23). The van der Waals surface area contributed by atoms with Crippen molar-refractivity contribution in [3.05, 3.63) is 90.5 Å². The number of hydrogen-bond acceptors (Lipinski definition) is 3. The Morgan fingerprint density at radius 2 is 1.22 bits per heavy atom. The van der Waals surface area contributed by atoms with Gasteiger partial charge in [0.25, 0.3) is 0 Å². The first kappa shape index (κ1) is 14.7. The maximum atomic E-state index is 11.4. The molecule has 2 N–H and O–H groups in total. The Balaban J connectivity index is 2.02. The quantitative estimate of drug-likeness (QED) is 0.679. The van der Waals surface area contributed by atoms with Crippen LogP contribution in [0.3, 0.4) is 0 Å².